The van der Waals surface area contributed by atoms with E-state index in [-0.39, 0.29) is 0 Å². The highest BCUT2D eigenvalue weighted by Gasteiger charge is 2.13. The van der Waals surface area contributed by atoms with Crippen LogP contribution in [0.5, 0.6) is 11.6 Å². The molecule has 0 atom stereocenters. The van der Waals surface area contributed by atoms with Gasteiger partial charge < -0.3 is 4.74 Å². The van der Waals surface area contributed by atoms with Crippen LogP contribution in [-0.4, -0.2) is 9.97 Å². The molecule has 0 aliphatic heterocycles. The minimum atomic E-state index is 0.319. The van der Waals surface area contributed by atoms with Gasteiger partial charge in [-0.3, -0.25) is 5.43 Å². The lowest BCUT2D eigenvalue weighted by atomic mass is 10.2. The summed E-state index contributed by atoms with van der Waals surface area (Å²) in [6.07, 6.45) is 0. The molecule has 0 aliphatic rings. The molecule has 2 heterocycles. The standard InChI is InChI=1S/C14H13ClN4OS/c1-7-3-4-9(15)6-11(7)20-12-10-5-8(2)21-13(10)18-14(17-12)19-16/h3-6H,16H2,1-2H3,(H,17,18,19). The van der Waals surface area contributed by atoms with Crippen molar-refractivity contribution in [2.75, 3.05) is 5.43 Å². The average molecular weight is 321 g/mol. The number of nitrogen functional groups attached to an aromatic ring is 1. The lowest BCUT2D eigenvalue weighted by molar-refractivity contribution is 0.465. The first-order chi connectivity index (χ1) is 10.1. The summed E-state index contributed by atoms with van der Waals surface area (Å²) in [5.41, 5.74) is 3.43. The number of hydrogen-bond acceptors (Lipinski definition) is 6. The molecule has 0 saturated heterocycles. The number of ether oxygens (including phenoxy) is 1. The Morgan fingerprint density at radius 2 is 2.05 bits per heavy atom. The fourth-order valence-electron chi connectivity index (χ4n) is 1.95. The van der Waals surface area contributed by atoms with Crippen molar-refractivity contribution in [2.45, 2.75) is 13.8 Å². The Morgan fingerprint density at radius 3 is 2.81 bits per heavy atom. The van der Waals surface area contributed by atoms with Crippen LogP contribution >= 0.6 is 22.9 Å². The topological polar surface area (TPSA) is 73.1 Å². The lowest BCUT2D eigenvalue weighted by Crippen LogP contribution is -2.10. The van der Waals surface area contributed by atoms with Crippen molar-refractivity contribution in [3.8, 4) is 11.6 Å². The molecule has 0 saturated carbocycles. The van der Waals surface area contributed by atoms with Crippen molar-refractivity contribution in [1.29, 1.82) is 0 Å². The number of halogens is 1. The van der Waals surface area contributed by atoms with Gasteiger partial charge in [0, 0.05) is 9.90 Å². The third-order valence-electron chi connectivity index (χ3n) is 2.97. The highest BCUT2D eigenvalue weighted by molar-refractivity contribution is 7.18. The Balaban J connectivity index is 2.12. The van der Waals surface area contributed by atoms with Gasteiger partial charge in [-0.1, -0.05) is 17.7 Å². The van der Waals surface area contributed by atoms with Gasteiger partial charge in [-0.15, -0.1) is 11.3 Å². The van der Waals surface area contributed by atoms with E-state index in [1.165, 1.54) is 0 Å². The first kappa shape index (κ1) is 14.1. The van der Waals surface area contributed by atoms with E-state index in [0.29, 0.717) is 22.6 Å². The van der Waals surface area contributed by atoms with Gasteiger partial charge in [0.25, 0.3) is 0 Å². The normalized spacial score (nSPS) is 10.9. The lowest BCUT2D eigenvalue weighted by Gasteiger charge is -2.10. The summed E-state index contributed by atoms with van der Waals surface area (Å²) in [7, 11) is 0. The number of anilines is 1. The fourth-order valence-corrected chi connectivity index (χ4v) is 2.98. The summed E-state index contributed by atoms with van der Waals surface area (Å²) in [6, 6.07) is 7.48. The van der Waals surface area contributed by atoms with E-state index in [0.717, 1.165) is 20.7 Å². The van der Waals surface area contributed by atoms with E-state index in [2.05, 4.69) is 15.4 Å². The van der Waals surface area contributed by atoms with Crippen molar-refractivity contribution in [3.63, 3.8) is 0 Å². The summed E-state index contributed by atoms with van der Waals surface area (Å²) in [5, 5.41) is 1.47. The van der Waals surface area contributed by atoms with Gasteiger partial charge in [0.2, 0.25) is 11.8 Å². The number of nitrogens with one attached hydrogen (secondary N) is 1. The summed E-state index contributed by atoms with van der Waals surface area (Å²) in [4.78, 5) is 10.6. The van der Waals surface area contributed by atoms with Crippen molar-refractivity contribution < 1.29 is 4.74 Å². The van der Waals surface area contributed by atoms with E-state index in [1.807, 2.05) is 32.0 Å². The Hall–Kier alpha value is -1.89. The van der Waals surface area contributed by atoms with Crippen molar-refractivity contribution in [2.24, 2.45) is 5.84 Å². The SMILES string of the molecule is Cc1cc2c(Oc3cc(Cl)ccc3C)nc(NN)nc2s1. The molecule has 3 aromatic rings. The third kappa shape index (κ3) is 2.78. The molecular weight excluding hydrogens is 308 g/mol. The molecule has 0 fully saturated rings. The highest BCUT2D eigenvalue weighted by Crippen LogP contribution is 2.35. The number of fused-ring (bicyclic) bond motifs is 1. The van der Waals surface area contributed by atoms with E-state index < -0.39 is 0 Å². The maximum atomic E-state index is 6.02. The number of aromatic nitrogens is 2. The molecule has 0 spiro atoms. The summed E-state index contributed by atoms with van der Waals surface area (Å²) in [6.45, 7) is 3.96. The van der Waals surface area contributed by atoms with Gasteiger partial charge in [-0.2, -0.15) is 4.98 Å². The molecule has 2 aromatic heterocycles. The zero-order valence-corrected chi connectivity index (χ0v) is 13.0. The van der Waals surface area contributed by atoms with E-state index in [1.54, 1.807) is 17.4 Å². The predicted octanol–water partition coefficient (Wildman–Crippen LogP) is 4.04. The van der Waals surface area contributed by atoms with Gasteiger partial charge >= 0.3 is 0 Å². The number of rotatable bonds is 3. The summed E-state index contributed by atoms with van der Waals surface area (Å²) >= 11 is 7.58. The van der Waals surface area contributed by atoms with E-state index in [9.17, 15) is 0 Å². The van der Waals surface area contributed by atoms with Crippen molar-refractivity contribution >= 4 is 39.1 Å². The highest BCUT2D eigenvalue weighted by atomic mass is 35.5. The zero-order chi connectivity index (χ0) is 15.0. The van der Waals surface area contributed by atoms with Crippen LogP contribution in [-0.2, 0) is 0 Å². The molecule has 0 unspecified atom stereocenters. The third-order valence-corrected chi connectivity index (χ3v) is 4.15. The maximum Gasteiger partial charge on any atom is 0.241 e. The number of benzene rings is 1. The number of hydrazine groups is 1. The Bertz CT molecular complexity index is 818. The van der Waals surface area contributed by atoms with Crippen LogP contribution in [0.1, 0.15) is 10.4 Å². The Morgan fingerprint density at radius 1 is 1.24 bits per heavy atom. The van der Waals surface area contributed by atoms with Crippen LogP contribution in [0.3, 0.4) is 0 Å². The second-order valence-corrected chi connectivity index (χ2v) is 6.26. The molecule has 1 aromatic carbocycles. The van der Waals surface area contributed by atoms with E-state index >= 15 is 0 Å². The van der Waals surface area contributed by atoms with Gasteiger partial charge in [-0.25, -0.2) is 10.8 Å². The maximum absolute atomic E-state index is 6.02. The molecule has 0 aliphatic carbocycles. The summed E-state index contributed by atoms with van der Waals surface area (Å²) < 4.78 is 5.93. The quantitative estimate of drug-likeness (QED) is 0.563. The Kier molecular flexibility index (Phi) is 3.67. The molecular formula is C14H13ClN4OS. The number of aryl methyl sites for hydroxylation is 2. The van der Waals surface area contributed by atoms with Gasteiger partial charge in [0.15, 0.2) is 0 Å². The predicted molar refractivity (Wildman–Crippen MR) is 86.2 cm³/mol. The Labute approximate surface area is 130 Å². The first-order valence-corrected chi connectivity index (χ1v) is 7.45. The largest absolute Gasteiger partial charge is 0.438 e. The number of nitrogens with zero attached hydrogens (tertiary/aromatic N) is 2. The molecule has 0 radical (unpaired) electrons. The van der Waals surface area contributed by atoms with Gasteiger partial charge in [-0.05, 0) is 37.6 Å². The smallest absolute Gasteiger partial charge is 0.241 e. The number of thiophene rings is 1. The minimum Gasteiger partial charge on any atom is -0.438 e. The van der Waals surface area contributed by atoms with Gasteiger partial charge in [0.05, 0.1) is 5.39 Å². The molecule has 5 nitrogen and oxygen atoms in total. The van der Waals surface area contributed by atoms with Crippen LogP contribution < -0.4 is 16.0 Å². The zero-order valence-electron chi connectivity index (χ0n) is 11.5. The fraction of sp³-hybridized carbons (Fsp3) is 0.143. The van der Waals surface area contributed by atoms with Gasteiger partial charge in [0.1, 0.15) is 10.6 Å². The second-order valence-electron chi connectivity index (χ2n) is 4.58. The van der Waals surface area contributed by atoms with Crippen LogP contribution in [0.4, 0.5) is 5.95 Å². The van der Waals surface area contributed by atoms with Crippen molar-refractivity contribution in [1.82, 2.24) is 9.97 Å². The molecule has 0 bridgehead atoms. The monoisotopic (exact) mass is 320 g/mol. The van der Waals surface area contributed by atoms with Crippen LogP contribution in [0.15, 0.2) is 24.3 Å². The molecule has 108 valence electrons. The van der Waals surface area contributed by atoms with Crippen LogP contribution in [0.25, 0.3) is 10.2 Å². The minimum absolute atomic E-state index is 0.319. The van der Waals surface area contributed by atoms with Crippen LogP contribution in [0, 0.1) is 13.8 Å². The molecule has 0 amide bonds. The molecule has 7 heteroatoms. The number of hydrogen-bond donors (Lipinski definition) is 2. The van der Waals surface area contributed by atoms with Crippen molar-refractivity contribution in [3.05, 3.63) is 39.7 Å². The molecule has 3 rings (SSSR count). The first-order valence-electron chi connectivity index (χ1n) is 6.25. The average Bonchev–Trinajstić information content (AvgIpc) is 2.83. The molecule has 21 heavy (non-hydrogen) atoms. The van der Waals surface area contributed by atoms with E-state index in [4.69, 9.17) is 22.2 Å². The second kappa shape index (κ2) is 5.48. The van der Waals surface area contributed by atoms with Crippen LogP contribution in [0.2, 0.25) is 5.02 Å². The summed E-state index contributed by atoms with van der Waals surface area (Å²) in [5.74, 6) is 6.86. The molecule has 3 N–H and O–H groups in total. The number of nitrogens with two attached hydrogens (primary N) is 1.